The van der Waals surface area contributed by atoms with Gasteiger partial charge in [-0.1, -0.05) is 147 Å². The van der Waals surface area contributed by atoms with E-state index < -0.39 is 6.16 Å². The molecule has 0 N–H and O–H groups in total. The Morgan fingerprint density at radius 2 is 0.932 bits per heavy atom. The largest absolute Gasteiger partial charge is 0.508 e. The molecule has 0 aliphatic carbocycles. The first kappa shape index (κ1) is 53.4. The maximum Gasteiger partial charge on any atom is 0.508 e. The second kappa shape index (κ2) is 39.8. The van der Waals surface area contributed by atoms with Gasteiger partial charge in [-0.3, -0.25) is 9.59 Å². The first-order valence-electron chi connectivity index (χ1n) is 23.6. The summed E-state index contributed by atoms with van der Waals surface area (Å²) >= 11 is 0. The van der Waals surface area contributed by atoms with Gasteiger partial charge in [0.25, 0.3) is 0 Å². The summed E-state index contributed by atoms with van der Waals surface area (Å²) in [7, 11) is 0. The molecule has 0 unspecified atom stereocenters. The molecule has 0 fully saturated rings. The van der Waals surface area contributed by atoms with Gasteiger partial charge >= 0.3 is 18.1 Å². The monoisotopic (exact) mass is 822 g/mol. The van der Waals surface area contributed by atoms with Crippen molar-refractivity contribution < 1.29 is 33.3 Å². The highest BCUT2D eigenvalue weighted by Crippen LogP contribution is 2.31. The minimum atomic E-state index is -0.821. The van der Waals surface area contributed by atoms with Gasteiger partial charge in [0, 0.05) is 19.4 Å². The molecule has 1 aromatic rings. The van der Waals surface area contributed by atoms with Crippen LogP contribution >= 0.6 is 0 Å². The number of esters is 2. The molecule has 1 aromatic carbocycles. The first-order valence-corrected chi connectivity index (χ1v) is 23.6. The number of hydrogen-bond acceptors (Lipinski definition) is 8. The standard InChI is InChI=1S/C51H83NO7/c1-5-9-11-13-15-17-19-21-23-25-27-29-31-33-35-41-49(53)58-47-39-37-40-48(46(47)45-57-51(55)56-44-38-43-52(7-3)8-4)59-50(54)42-36-34-32-30-28-26-24-22-20-18-16-14-12-10-6-2/h15-18,21-24,37,39-40H,5-14,19-20,25-36,38,41-45H2,1-4H3. The molecule has 0 aliphatic heterocycles. The van der Waals surface area contributed by atoms with E-state index >= 15 is 0 Å². The van der Waals surface area contributed by atoms with Crippen molar-refractivity contribution in [3.05, 3.63) is 72.4 Å². The molecular formula is C51H83NO7. The fourth-order valence-corrected chi connectivity index (χ4v) is 6.54. The molecule has 1 rings (SSSR count). The van der Waals surface area contributed by atoms with E-state index in [4.69, 9.17) is 18.9 Å². The molecular weight excluding hydrogens is 739 g/mol. The summed E-state index contributed by atoms with van der Waals surface area (Å²) in [5.41, 5.74) is 0.328. The second-order valence-electron chi connectivity index (χ2n) is 15.4. The third kappa shape index (κ3) is 31.9. The molecule has 8 heteroatoms. The highest BCUT2D eigenvalue weighted by molar-refractivity contribution is 5.75. The molecule has 0 spiro atoms. The zero-order valence-corrected chi connectivity index (χ0v) is 37.9. The van der Waals surface area contributed by atoms with Crippen molar-refractivity contribution >= 4 is 18.1 Å². The Morgan fingerprint density at radius 3 is 1.37 bits per heavy atom. The fraction of sp³-hybridized carbons (Fsp3) is 0.667. The molecule has 59 heavy (non-hydrogen) atoms. The maximum absolute atomic E-state index is 12.9. The van der Waals surface area contributed by atoms with Crippen LogP contribution in [-0.4, -0.2) is 49.2 Å². The predicted molar refractivity (Wildman–Crippen MR) is 245 cm³/mol. The fourth-order valence-electron chi connectivity index (χ4n) is 6.54. The van der Waals surface area contributed by atoms with Crippen molar-refractivity contribution in [1.29, 1.82) is 0 Å². The van der Waals surface area contributed by atoms with Gasteiger partial charge < -0.3 is 23.8 Å². The van der Waals surface area contributed by atoms with E-state index in [1.807, 2.05) is 0 Å². The van der Waals surface area contributed by atoms with Gasteiger partial charge in [-0.25, -0.2) is 4.79 Å². The third-order valence-corrected chi connectivity index (χ3v) is 10.3. The molecule has 0 aliphatic rings. The van der Waals surface area contributed by atoms with E-state index in [2.05, 4.69) is 81.2 Å². The molecule has 0 saturated carbocycles. The Hall–Kier alpha value is -3.65. The summed E-state index contributed by atoms with van der Waals surface area (Å²) in [6.45, 7) is 11.3. The van der Waals surface area contributed by atoms with Crippen LogP contribution in [0.5, 0.6) is 11.5 Å². The predicted octanol–water partition coefficient (Wildman–Crippen LogP) is 14.5. The molecule has 0 bridgehead atoms. The van der Waals surface area contributed by atoms with E-state index in [0.29, 0.717) is 12.0 Å². The van der Waals surface area contributed by atoms with Gasteiger partial charge in [-0.2, -0.15) is 0 Å². The van der Waals surface area contributed by atoms with Crippen LogP contribution in [0.1, 0.15) is 194 Å². The van der Waals surface area contributed by atoms with Gasteiger partial charge in [0.15, 0.2) is 0 Å². The number of ether oxygens (including phenoxy) is 4. The van der Waals surface area contributed by atoms with Crippen molar-refractivity contribution in [1.82, 2.24) is 4.90 Å². The van der Waals surface area contributed by atoms with E-state index in [-0.39, 0.29) is 49.5 Å². The average Bonchev–Trinajstić information content (AvgIpc) is 3.23. The number of benzene rings is 1. The number of rotatable bonds is 38. The van der Waals surface area contributed by atoms with Gasteiger partial charge in [0.2, 0.25) is 0 Å². The highest BCUT2D eigenvalue weighted by Gasteiger charge is 2.19. The lowest BCUT2D eigenvalue weighted by atomic mass is 10.1. The minimum absolute atomic E-state index is 0.217. The number of nitrogens with zero attached hydrogens (tertiary/aromatic N) is 1. The van der Waals surface area contributed by atoms with Crippen molar-refractivity contribution in [2.45, 2.75) is 195 Å². The van der Waals surface area contributed by atoms with Crippen LogP contribution in [0.3, 0.4) is 0 Å². The molecule has 0 aromatic heterocycles. The van der Waals surface area contributed by atoms with Crippen LogP contribution in [-0.2, 0) is 25.7 Å². The number of carbonyl (C=O) groups excluding carboxylic acids is 3. The molecule has 334 valence electrons. The lowest BCUT2D eigenvalue weighted by Gasteiger charge is -2.17. The van der Waals surface area contributed by atoms with Crippen molar-refractivity contribution in [3.8, 4) is 11.5 Å². The first-order chi connectivity index (χ1) is 28.9. The Labute approximate surface area is 360 Å². The Balaban J connectivity index is 2.56. The normalized spacial score (nSPS) is 11.8. The Kier molecular flexibility index (Phi) is 36.0. The smallest absolute Gasteiger partial charge is 0.434 e. The highest BCUT2D eigenvalue weighted by atomic mass is 16.7. The number of allylic oxidation sites excluding steroid dienone is 8. The molecule has 8 nitrogen and oxygen atoms in total. The molecule has 0 atom stereocenters. The minimum Gasteiger partial charge on any atom is -0.434 e. The second-order valence-corrected chi connectivity index (χ2v) is 15.4. The van der Waals surface area contributed by atoms with Gasteiger partial charge in [0.05, 0.1) is 12.2 Å². The summed E-state index contributed by atoms with van der Waals surface area (Å²) in [6, 6.07) is 4.95. The number of hydrogen-bond donors (Lipinski definition) is 0. The van der Waals surface area contributed by atoms with Crippen LogP contribution in [0.2, 0.25) is 0 Å². The molecule has 0 amide bonds. The quantitative estimate of drug-likeness (QED) is 0.0282. The number of unbranched alkanes of at least 4 members (excludes halogenated alkanes) is 16. The number of carbonyl (C=O) groups is 3. The van der Waals surface area contributed by atoms with Crippen LogP contribution in [0.15, 0.2) is 66.8 Å². The topological polar surface area (TPSA) is 91.4 Å². The van der Waals surface area contributed by atoms with Gasteiger partial charge in [-0.05, 0) is 109 Å². The van der Waals surface area contributed by atoms with Gasteiger partial charge in [0.1, 0.15) is 18.1 Å². The van der Waals surface area contributed by atoms with Crippen LogP contribution < -0.4 is 9.47 Å². The summed E-state index contributed by atoms with van der Waals surface area (Å²) < 4.78 is 22.3. The average molecular weight is 822 g/mol. The van der Waals surface area contributed by atoms with Gasteiger partial charge in [-0.15, -0.1) is 0 Å². The van der Waals surface area contributed by atoms with E-state index in [9.17, 15) is 14.4 Å². The SMILES string of the molecule is CCCCCC=CCC=CCCCCCCCC(=O)Oc1cccc(OC(=O)CCCCCCCC=CCC=CCCCCC)c1COC(=O)OCCCN(CC)CC. The lowest BCUT2D eigenvalue weighted by molar-refractivity contribution is -0.135. The molecule has 0 heterocycles. The lowest BCUT2D eigenvalue weighted by Crippen LogP contribution is -2.25. The van der Waals surface area contributed by atoms with Crippen LogP contribution in [0, 0.1) is 0 Å². The summed E-state index contributed by atoms with van der Waals surface area (Å²) in [6.07, 6.45) is 42.8. The van der Waals surface area contributed by atoms with Crippen molar-refractivity contribution in [2.75, 3.05) is 26.2 Å². The molecule has 0 radical (unpaired) electrons. The summed E-state index contributed by atoms with van der Waals surface area (Å²) in [5.74, 6) is -0.308. The van der Waals surface area contributed by atoms with Crippen molar-refractivity contribution in [3.63, 3.8) is 0 Å². The zero-order valence-electron chi connectivity index (χ0n) is 37.9. The Bertz CT molecular complexity index is 1230. The van der Waals surface area contributed by atoms with E-state index in [1.165, 1.54) is 51.4 Å². The summed E-state index contributed by atoms with van der Waals surface area (Å²) in [5, 5.41) is 0. The van der Waals surface area contributed by atoms with Crippen molar-refractivity contribution in [2.24, 2.45) is 0 Å². The Morgan fingerprint density at radius 1 is 0.508 bits per heavy atom. The molecule has 0 saturated heterocycles. The van der Waals surface area contributed by atoms with Crippen LogP contribution in [0.4, 0.5) is 4.79 Å². The zero-order chi connectivity index (χ0) is 42.9. The van der Waals surface area contributed by atoms with Crippen LogP contribution in [0.25, 0.3) is 0 Å². The van der Waals surface area contributed by atoms with E-state index in [0.717, 1.165) is 110 Å². The maximum atomic E-state index is 12.9. The summed E-state index contributed by atoms with van der Waals surface area (Å²) in [4.78, 5) is 40.6. The third-order valence-electron chi connectivity index (χ3n) is 10.3. The van der Waals surface area contributed by atoms with E-state index in [1.54, 1.807) is 18.2 Å².